The Labute approximate surface area is 121 Å². The first kappa shape index (κ1) is 14.9. The van der Waals surface area contributed by atoms with Crippen LogP contribution in [0.1, 0.15) is 0 Å². The van der Waals surface area contributed by atoms with Gasteiger partial charge in [-0.25, -0.2) is 8.42 Å². The molecule has 2 rings (SSSR count). The lowest BCUT2D eigenvalue weighted by atomic mass is 10.3. The highest BCUT2D eigenvalue weighted by Gasteiger charge is 2.40. The molecular formula is C12H16BrNO4S. The monoisotopic (exact) mass is 349 g/mol. The van der Waals surface area contributed by atoms with Crippen molar-refractivity contribution in [3.63, 3.8) is 0 Å². The van der Waals surface area contributed by atoms with E-state index in [1.165, 1.54) is 4.31 Å². The summed E-state index contributed by atoms with van der Waals surface area (Å²) in [4.78, 5) is 0.265. The number of methoxy groups -OCH3 is 2. The van der Waals surface area contributed by atoms with Crippen molar-refractivity contribution in [3.8, 4) is 0 Å². The summed E-state index contributed by atoms with van der Waals surface area (Å²) in [6.45, 7) is 0.608. The first-order chi connectivity index (χ1) is 9.00. The minimum atomic E-state index is -3.53. The number of ether oxygens (including phenoxy) is 2. The fourth-order valence-electron chi connectivity index (χ4n) is 2.15. The van der Waals surface area contributed by atoms with Gasteiger partial charge in [0.05, 0.1) is 17.1 Å². The first-order valence-corrected chi connectivity index (χ1v) is 8.04. The zero-order chi connectivity index (χ0) is 14.0. The third-order valence-electron chi connectivity index (χ3n) is 3.24. The Balaban J connectivity index is 2.30. The summed E-state index contributed by atoms with van der Waals surface area (Å²) in [7, 11) is -0.407. The van der Waals surface area contributed by atoms with E-state index in [1.54, 1.807) is 38.5 Å². The summed E-state index contributed by atoms with van der Waals surface area (Å²) in [6.07, 6.45) is -0.468. The van der Waals surface area contributed by atoms with Gasteiger partial charge in [0.2, 0.25) is 10.0 Å². The van der Waals surface area contributed by atoms with E-state index in [9.17, 15) is 8.42 Å². The van der Waals surface area contributed by atoms with Crippen molar-refractivity contribution in [2.45, 2.75) is 17.1 Å². The number of rotatable bonds is 4. The van der Waals surface area contributed by atoms with Crippen LogP contribution >= 0.6 is 15.9 Å². The van der Waals surface area contributed by atoms with Crippen LogP contribution in [-0.2, 0) is 19.5 Å². The number of nitrogens with zero attached hydrogens (tertiary/aromatic N) is 1. The van der Waals surface area contributed by atoms with Gasteiger partial charge in [-0.3, -0.25) is 0 Å². The van der Waals surface area contributed by atoms with E-state index in [0.29, 0.717) is 17.6 Å². The van der Waals surface area contributed by atoms with E-state index in [2.05, 4.69) is 15.9 Å². The summed E-state index contributed by atoms with van der Waals surface area (Å²) in [5.41, 5.74) is 0. The summed E-state index contributed by atoms with van der Waals surface area (Å²) in [6, 6.07) is 6.78. The van der Waals surface area contributed by atoms with Crippen LogP contribution in [0.4, 0.5) is 0 Å². The van der Waals surface area contributed by atoms with Crippen molar-refractivity contribution in [2.24, 2.45) is 0 Å². The maximum atomic E-state index is 12.6. The number of benzene rings is 1. The van der Waals surface area contributed by atoms with E-state index in [-0.39, 0.29) is 17.1 Å². The highest BCUT2D eigenvalue weighted by Crippen LogP contribution is 2.28. The van der Waals surface area contributed by atoms with Crippen molar-refractivity contribution < 1.29 is 17.9 Å². The number of hydrogen-bond donors (Lipinski definition) is 0. The maximum Gasteiger partial charge on any atom is 0.244 e. The van der Waals surface area contributed by atoms with Gasteiger partial charge in [0, 0.05) is 31.8 Å². The van der Waals surface area contributed by atoms with Crippen molar-refractivity contribution >= 4 is 26.0 Å². The van der Waals surface area contributed by atoms with Crippen molar-refractivity contribution in [2.75, 3.05) is 27.3 Å². The number of hydrogen-bond acceptors (Lipinski definition) is 4. The average molecular weight is 350 g/mol. The SMILES string of the molecule is COC1CN(S(=O)(=O)c2ccccc2Br)CC1OC. The largest absolute Gasteiger partial charge is 0.377 e. The van der Waals surface area contributed by atoms with Crippen LogP contribution in [0, 0.1) is 0 Å². The lowest BCUT2D eigenvalue weighted by molar-refractivity contribution is -0.00461. The van der Waals surface area contributed by atoms with Crippen molar-refractivity contribution in [1.82, 2.24) is 4.31 Å². The maximum absolute atomic E-state index is 12.6. The van der Waals surface area contributed by atoms with E-state index >= 15 is 0 Å². The molecule has 1 heterocycles. The lowest BCUT2D eigenvalue weighted by Gasteiger charge is -2.16. The van der Waals surface area contributed by atoms with Crippen molar-refractivity contribution in [3.05, 3.63) is 28.7 Å². The molecule has 19 heavy (non-hydrogen) atoms. The Morgan fingerprint density at radius 2 is 1.68 bits per heavy atom. The Kier molecular flexibility index (Phi) is 4.62. The molecule has 0 radical (unpaired) electrons. The third-order valence-corrected chi connectivity index (χ3v) is 6.09. The quantitative estimate of drug-likeness (QED) is 0.826. The van der Waals surface area contributed by atoms with Gasteiger partial charge in [-0.1, -0.05) is 12.1 Å². The normalized spacial score (nSPS) is 24.8. The summed E-state index contributed by atoms with van der Waals surface area (Å²) in [5, 5.41) is 0. The van der Waals surface area contributed by atoms with Gasteiger partial charge in [0.1, 0.15) is 0 Å². The molecule has 0 spiro atoms. The Bertz CT molecular complexity index is 536. The molecule has 2 atom stereocenters. The number of sulfonamides is 1. The summed E-state index contributed by atoms with van der Waals surface area (Å²) >= 11 is 3.28. The van der Waals surface area contributed by atoms with E-state index in [4.69, 9.17) is 9.47 Å². The molecule has 1 aliphatic rings. The lowest BCUT2D eigenvalue weighted by Crippen LogP contribution is -2.30. The van der Waals surface area contributed by atoms with Gasteiger partial charge >= 0.3 is 0 Å². The second-order valence-electron chi connectivity index (χ2n) is 4.30. The predicted octanol–water partition coefficient (Wildman–Crippen LogP) is 1.48. The first-order valence-electron chi connectivity index (χ1n) is 5.81. The summed E-state index contributed by atoms with van der Waals surface area (Å²) < 4.78 is 37.6. The van der Waals surface area contributed by atoms with Crippen LogP contribution in [0.2, 0.25) is 0 Å². The minimum absolute atomic E-state index is 0.234. The molecule has 1 fully saturated rings. The van der Waals surface area contributed by atoms with Gasteiger partial charge < -0.3 is 9.47 Å². The smallest absolute Gasteiger partial charge is 0.244 e. The Hall–Kier alpha value is -0.470. The van der Waals surface area contributed by atoms with Gasteiger partial charge in [0.25, 0.3) is 0 Å². The molecule has 0 bridgehead atoms. The highest BCUT2D eigenvalue weighted by atomic mass is 79.9. The molecule has 1 saturated heterocycles. The molecular weight excluding hydrogens is 334 g/mol. The van der Waals surface area contributed by atoms with Gasteiger partial charge in [-0.05, 0) is 28.1 Å². The van der Waals surface area contributed by atoms with Crippen LogP contribution in [0.3, 0.4) is 0 Å². The molecule has 106 valence electrons. The fourth-order valence-corrected chi connectivity index (χ4v) is 4.58. The minimum Gasteiger partial charge on any atom is -0.377 e. The second kappa shape index (κ2) is 5.88. The average Bonchev–Trinajstić information content (AvgIpc) is 2.83. The highest BCUT2D eigenvalue weighted by molar-refractivity contribution is 9.10. The van der Waals surface area contributed by atoms with E-state index in [0.717, 1.165) is 0 Å². The van der Waals surface area contributed by atoms with Crippen LogP contribution < -0.4 is 0 Å². The molecule has 0 aromatic heterocycles. The molecule has 0 amide bonds. The third kappa shape index (κ3) is 2.85. The fraction of sp³-hybridized carbons (Fsp3) is 0.500. The van der Waals surface area contributed by atoms with E-state index < -0.39 is 10.0 Å². The number of halogens is 1. The van der Waals surface area contributed by atoms with Crippen LogP contribution in [0.15, 0.2) is 33.6 Å². The molecule has 2 unspecified atom stereocenters. The topological polar surface area (TPSA) is 55.8 Å². The van der Waals surface area contributed by atoms with Crippen LogP contribution in [0.25, 0.3) is 0 Å². The second-order valence-corrected chi connectivity index (χ2v) is 7.06. The van der Waals surface area contributed by atoms with Crippen molar-refractivity contribution in [1.29, 1.82) is 0 Å². The van der Waals surface area contributed by atoms with Crippen LogP contribution in [-0.4, -0.2) is 52.2 Å². The molecule has 0 N–H and O–H groups in total. The zero-order valence-electron chi connectivity index (χ0n) is 10.7. The Morgan fingerprint density at radius 3 is 2.16 bits per heavy atom. The van der Waals surface area contributed by atoms with Gasteiger partial charge in [-0.15, -0.1) is 0 Å². The zero-order valence-corrected chi connectivity index (χ0v) is 13.1. The predicted molar refractivity (Wildman–Crippen MR) is 74.5 cm³/mol. The molecule has 1 aromatic rings. The molecule has 1 aromatic carbocycles. The van der Waals surface area contributed by atoms with Gasteiger partial charge in [-0.2, -0.15) is 4.31 Å². The molecule has 0 saturated carbocycles. The molecule has 1 aliphatic heterocycles. The van der Waals surface area contributed by atoms with Gasteiger partial charge in [0.15, 0.2) is 0 Å². The molecule has 0 aliphatic carbocycles. The standard InChI is InChI=1S/C12H16BrNO4S/c1-17-10-7-14(8-11(10)18-2)19(15,16)12-6-4-3-5-9(12)13/h3-6,10-11H,7-8H2,1-2H3. The van der Waals surface area contributed by atoms with Crippen LogP contribution in [0.5, 0.6) is 0 Å². The van der Waals surface area contributed by atoms with E-state index in [1.807, 2.05) is 0 Å². The summed E-state index contributed by atoms with van der Waals surface area (Å²) in [5.74, 6) is 0. The molecule has 5 nitrogen and oxygen atoms in total. The Morgan fingerprint density at radius 1 is 1.16 bits per heavy atom. The molecule has 7 heteroatoms.